The Balaban J connectivity index is 1.79. The second-order valence-corrected chi connectivity index (χ2v) is 7.81. The minimum absolute atomic E-state index is 0.0433. The Labute approximate surface area is 155 Å². The molecule has 2 aromatic carbocycles. The highest BCUT2D eigenvalue weighted by Gasteiger charge is 2.27. The summed E-state index contributed by atoms with van der Waals surface area (Å²) in [6.07, 6.45) is 0. The predicted molar refractivity (Wildman–Crippen MR) is 103 cm³/mol. The summed E-state index contributed by atoms with van der Waals surface area (Å²) in [5.41, 5.74) is 2.64. The average molecular weight is 451 g/mol. The number of hydrogen-bond donors (Lipinski definition) is 0. The van der Waals surface area contributed by atoms with E-state index in [1.165, 1.54) is 0 Å². The number of benzene rings is 2. The van der Waals surface area contributed by atoms with Gasteiger partial charge in [-0.15, -0.1) is 11.3 Å². The number of alkyl halides is 2. The van der Waals surface area contributed by atoms with Crippen LogP contribution in [0.25, 0.3) is 10.6 Å². The lowest BCUT2D eigenvalue weighted by molar-refractivity contribution is 0.0990. The van der Waals surface area contributed by atoms with Gasteiger partial charge >= 0.3 is 0 Å². The fraction of sp³-hybridized carbons (Fsp3) is 0.111. The summed E-state index contributed by atoms with van der Waals surface area (Å²) in [7, 11) is 0. The molecule has 0 saturated heterocycles. The Morgan fingerprint density at radius 2 is 1.57 bits per heavy atom. The van der Waals surface area contributed by atoms with Crippen LogP contribution in [-0.2, 0) is 0 Å². The third-order valence-electron chi connectivity index (χ3n) is 3.39. The van der Waals surface area contributed by atoms with Gasteiger partial charge < -0.3 is 0 Å². The van der Waals surface area contributed by atoms with Gasteiger partial charge in [0.25, 0.3) is 0 Å². The number of Topliss-reactive ketones (excluding diaryl/α,β-unsaturated/α-hetero) is 1. The highest BCUT2D eigenvalue weighted by Crippen LogP contribution is 2.35. The van der Waals surface area contributed by atoms with E-state index in [1.54, 1.807) is 11.3 Å². The summed E-state index contributed by atoms with van der Waals surface area (Å²) < 4.78 is 0. The largest absolute Gasteiger partial charge is 0.293 e. The van der Waals surface area contributed by atoms with Crippen molar-refractivity contribution in [2.75, 3.05) is 0 Å². The van der Waals surface area contributed by atoms with E-state index in [9.17, 15) is 4.79 Å². The lowest BCUT2D eigenvalue weighted by Crippen LogP contribution is -2.19. The zero-order valence-electron chi connectivity index (χ0n) is 12.0. The van der Waals surface area contributed by atoms with Crippen LogP contribution < -0.4 is 0 Å². The average Bonchev–Trinajstić information content (AvgIpc) is 3.11. The van der Waals surface area contributed by atoms with Gasteiger partial charge in [-0.05, 0) is 0 Å². The minimum atomic E-state index is -0.365. The Morgan fingerprint density at radius 3 is 2.22 bits per heavy atom. The van der Waals surface area contributed by atoms with Crippen molar-refractivity contribution >= 4 is 49.0 Å². The first-order valence-corrected chi connectivity index (χ1v) is 9.76. The fourth-order valence-corrected chi connectivity index (χ4v) is 4.22. The summed E-state index contributed by atoms with van der Waals surface area (Å²) in [6, 6.07) is 19.3. The van der Waals surface area contributed by atoms with Gasteiger partial charge in [-0.25, -0.2) is 4.98 Å². The van der Waals surface area contributed by atoms with Crippen molar-refractivity contribution in [3.8, 4) is 10.6 Å². The molecule has 3 rings (SSSR count). The normalized spacial score (nSPS) is 13.5. The summed E-state index contributed by atoms with van der Waals surface area (Å²) in [5, 5.41) is 2.95. The van der Waals surface area contributed by atoms with Crippen LogP contribution in [0.4, 0.5) is 0 Å². The zero-order valence-corrected chi connectivity index (χ0v) is 16.0. The van der Waals surface area contributed by atoms with Gasteiger partial charge in [-0.2, -0.15) is 0 Å². The molecule has 0 saturated carbocycles. The van der Waals surface area contributed by atoms with Crippen LogP contribution in [0, 0.1) is 0 Å². The van der Waals surface area contributed by atoms with Gasteiger partial charge in [0.2, 0.25) is 0 Å². The minimum Gasteiger partial charge on any atom is -0.293 e. The summed E-state index contributed by atoms with van der Waals surface area (Å²) in [5.74, 6) is 0.0433. The predicted octanol–water partition coefficient (Wildman–Crippen LogP) is 5.89. The van der Waals surface area contributed by atoms with Crippen LogP contribution >= 0.6 is 43.2 Å². The molecule has 2 atom stereocenters. The van der Waals surface area contributed by atoms with E-state index in [1.807, 2.05) is 66.0 Å². The Morgan fingerprint density at radius 1 is 0.957 bits per heavy atom. The molecule has 1 aromatic heterocycles. The van der Waals surface area contributed by atoms with Gasteiger partial charge in [-0.3, -0.25) is 4.79 Å². The molecule has 0 aliphatic carbocycles. The number of carbonyl (C=O) groups is 1. The molecule has 0 amide bonds. The molecule has 2 unspecified atom stereocenters. The number of thiazole rings is 1. The van der Waals surface area contributed by atoms with Crippen molar-refractivity contribution in [1.29, 1.82) is 0 Å². The molecular weight excluding hydrogens is 438 g/mol. The Kier molecular flexibility index (Phi) is 5.41. The van der Waals surface area contributed by atoms with E-state index in [0.717, 1.165) is 16.3 Å². The van der Waals surface area contributed by atoms with E-state index in [0.29, 0.717) is 5.56 Å². The SMILES string of the molecule is O=C(c1ccccc1)C(Br)C(Br)c1csc(-c2ccccc2)n1. The molecule has 3 aromatic rings. The van der Waals surface area contributed by atoms with E-state index in [-0.39, 0.29) is 15.4 Å². The number of nitrogens with zero attached hydrogens (tertiary/aromatic N) is 1. The molecule has 0 aliphatic rings. The lowest BCUT2D eigenvalue weighted by atomic mass is 10.1. The van der Waals surface area contributed by atoms with E-state index in [2.05, 4.69) is 36.8 Å². The summed E-state index contributed by atoms with van der Waals surface area (Å²) >= 11 is 8.71. The van der Waals surface area contributed by atoms with Crippen LogP contribution in [0.15, 0.2) is 66.0 Å². The van der Waals surface area contributed by atoms with Crippen LogP contribution in [0.5, 0.6) is 0 Å². The first-order valence-electron chi connectivity index (χ1n) is 7.05. The molecule has 0 fully saturated rings. The number of carbonyl (C=O) groups excluding carboxylic acids is 1. The molecule has 0 aliphatic heterocycles. The van der Waals surface area contributed by atoms with Gasteiger partial charge in [0.1, 0.15) is 5.01 Å². The first kappa shape index (κ1) is 16.6. The van der Waals surface area contributed by atoms with Crippen molar-refractivity contribution in [3.05, 3.63) is 77.3 Å². The van der Waals surface area contributed by atoms with Crippen molar-refractivity contribution < 1.29 is 4.79 Å². The molecule has 2 nitrogen and oxygen atoms in total. The van der Waals surface area contributed by atoms with E-state index >= 15 is 0 Å². The van der Waals surface area contributed by atoms with Crippen molar-refractivity contribution in [3.63, 3.8) is 0 Å². The number of halogens is 2. The molecule has 1 heterocycles. The number of hydrogen-bond acceptors (Lipinski definition) is 3. The molecule has 0 spiro atoms. The van der Waals surface area contributed by atoms with E-state index < -0.39 is 0 Å². The standard InChI is InChI=1S/C18H13Br2NOS/c19-15(16(20)17(22)12-7-3-1-4-8-12)14-11-23-18(21-14)13-9-5-2-6-10-13/h1-11,15-16H. The smallest absolute Gasteiger partial charge is 0.177 e. The molecule has 0 N–H and O–H groups in total. The van der Waals surface area contributed by atoms with E-state index in [4.69, 9.17) is 0 Å². The molecule has 5 heteroatoms. The van der Waals surface area contributed by atoms with Gasteiger partial charge in [0, 0.05) is 16.5 Å². The molecule has 0 bridgehead atoms. The van der Waals surface area contributed by atoms with Crippen LogP contribution in [0.3, 0.4) is 0 Å². The molecule has 0 radical (unpaired) electrons. The third kappa shape index (κ3) is 3.79. The van der Waals surface area contributed by atoms with Crippen LogP contribution in [0.1, 0.15) is 20.9 Å². The Bertz CT molecular complexity index is 789. The monoisotopic (exact) mass is 449 g/mol. The fourth-order valence-electron chi connectivity index (χ4n) is 2.17. The van der Waals surface area contributed by atoms with Crippen molar-refractivity contribution in [2.24, 2.45) is 0 Å². The van der Waals surface area contributed by atoms with Crippen LogP contribution in [0.2, 0.25) is 0 Å². The topological polar surface area (TPSA) is 30.0 Å². The zero-order chi connectivity index (χ0) is 16.2. The number of rotatable bonds is 5. The maximum Gasteiger partial charge on any atom is 0.177 e. The highest BCUT2D eigenvalue weighted by molar-refractivity contribution is 9.12. The molecule has 116 valence electrons. The van der Waals surface area contributed by atoms with Gasteiger partial charge in [-0.1, -0.05) is 92.5 Å². The van der Waals surface area contributed by atoms with Gasteiger partial charge in [0.05, 0.1) is 15.3 Å². The number of aromatic nitrogens is 1. The number of ketones is 1. The summed E-state index contributed by atoms with van der Waals surface area (Å²) in [4.78, 5) is 16.7. The lowest BCUT2D eigenvalue weighted by Gasteiger charge is -2.13. The second-order valence-electron chi connectivity index (χ2n) is 4.98. The highest BCUT2D eigenvalue weighted by atomic mass is 79.9. The molecular formula is C18H13Br2NOS. The third-order valence-corrected chi connectivity index (χ3v) is 6.95. The summed E-state index contributed by atoms with van der Waals surface area (Å²) in [6.45, 7) is 0. The van der Waals surface area contributed by atoms with Crippen molar-refractivity contribution in [2.45, 2.75) is 9.65 Å². The van der Waals surface area contributed by atoms with Crippen molar-refractivity contribution in [1.82, 2.24) is 4.98 Å². The maximum absolute atomic E-state index is 12.5. The second kappa shape index (κ2) is 7.51. The first-order chi connectivity index (χ1) is 11.2. The van der Waals surface area contributed by atoms with Gasteiger partial charge in [0.15, 0.2) is 5.78 Å². The quantitative estimate of drug-likeness (QED) is 0.358. The maximum atomic E-state index is 12.5. The molecule has 23 heavy (non-hydrogen) atoms. The Hall–Kier alpha value is -1.30. The van der Waals surface area contributed by atoms with Crippen LogP contribution in [-0.4, -0.2) is 15.6 Å².